The topological polar surface area (TPSA) is 12.5 Å². The fourth-order valence-electron chi connectivity index (χ4n) is 1.83. The van der Waals surface area contributed by atoms with Crippen LogP contribution in [-0.2, 0) is 4.74 Å². The van der Waals surface area contributed by atoms with Crippen LogP contribution in [-0.4, -0.2) is 37.7 Å². The van der Waals surface area contributed by atoms with E-state index in [0.29, 0.717) is 5.41 Å². The predicted molar refractivity (Wildman–Crippen MR) is 44.6 cm³/mol. The highest BCUT2D eigenvalue weighted by Gasteiger charge is 2.44. The summed E-state index contributed by atoms with van der Waals surface area (Å²) in [6.45, 7) is 7.80. The van der Waals surface area contributed by atoms with Gasteiger partial charge in [0, 0.05) is 18.5 Å². The normalized spacial score (nSPS) is 30.3. The lowest BCUT2D eigenvalue weighted by Gasteiger charge is -2.20. The molecule has 11 heavy (non-hydrogen) atoms. The van der Waals surface area contributed by atoms with E-state index in [1.807, 2.05) is 0 Å². The summed E-state index contributed by atoms with van der Waals surface area (Å²) in [5.74, 6) is 0. The second-order valence-electron chi connectivity index (χ2n) is 3.92. The van der Waals surface area contributed by atoms with Gasteiger partial charge in [-0.2, -0.15) is 0 Å². The lowest BCUT2D eigenvalue weighted by atomic mass is 10.1. The van der Waals surface area contributed by atoms with Crippen LogP contribution in [0, 0.1) is 5.41 Å². The maximum atomic E-state index is 5.56. The van der Waals surface area contributed by atoms with Crippen LogP contribution >= 0.6 is 0 Å². The van der Waals surface area contributed by atoms with Gasteiger partial charge in [0.05, 0.1) is 13.2 Å². The van der Waals surface area contributed by atoms with Gasteiger partial charge in [-0.3, -0.25) is 0 Å². The predicted octanol–water partition coefficient (Wildman–Crippen LogP) is 1.12. The minimum Gasteiger partial charge on any atom is -0.379 e. The molecular weight excluding hydrogens is 138 g/mol. The molecule has 0 aromatic rings. The van der Waals surface area contributed by atoms with Gasteiger partial charge in [-0.1, -0.05) is 6.92 Å². The third-order valence-corrected chi connectivity index (χ3v) is 2.92. The van der Waals surface area contributed by atoms with Crippen molar-refractivity contribution in [1.29, 1.82) is 0 Å². The Morgan fingerprint density at radius 3 is 2.91 bits per heavy atom. The van der Waals surface area contributed by atoms with Crippen molar-refractivity contribution in [2.75, 3.05) is 32.8 Å². The minimum absolute atomic E-state index is 0.590. The standard InChI is InChI=1S/C9H17NO/c1-2-10-5-6-11-8-9(7-10)3-4-9/h2-8H2,1H3. The largest absolute Gasteiger partial charge is 0.379 e. The van der Waals surface area contributed by atoms with Gasteiger partial charge in [0.2, 0.25) is 0 Å². The van der Waals surface area contributed by atoms with Crippen LogP contribution in [0.25, 0.3) is 0 Å². The Kier molecular flexibility index (Phi) is 1.90. The van der Waals surface area contributed by atoms with E-state index in [1.54, 1.807) is 0 Å². The first kappa shape index (κ1) is 7.56. The van der Waals surface area contributed by atoms with E-state index < -0.39 is 0 Å². The summed E-state index contributed by atoms with van der Waals surface area (Å²) < 4.78 is 5.56. The molecule has 64 valence electrons. The van der Waals surface area contributed by atoms with Gasteiger partial charge in [-0.05, 0) is 19.4 Å². The van der Waals surface area contributed by atoms with Gasteiger partial charge in [-0.15, -0.1) is 0 Å². The lowest BCUT2D eigenvalue weighted by molar-refractivity contribution is 0.115. The van der Waals surface area contributed by atoms with Crippen molar-refractivity contribution in [2.45, 2.75) is 19.8 Å². The molecule has 1 heterocycles. The summed E-state index contributed by atoms with van der Waals surface area (Å²) in [6, 6.07) is 0. The second-order valence-corrected chi connectivity index (χ2v) is 3.92. The molecule has 2 fully saturated rings. The molecule has 0 bridgehead atoms. The average molecular weight is 155 g/mol. The second kappa shape index (κ2) is 2.76. The number of hydrogen-bond acceptors (Lipinski definition) is 2. The van der Waals surface area contributed by atoms with Crippen molar-refractivity contribution in [3.8, 4) is 0 Å². The van der Waals surface area contributed by atoms with Crippen LogP contribution in [0.3, 0.4) is 0 Å². The molecule has 0 radical (unpaired) electrons. The molecule has 2 aliphatic rings. The van der Waals surface area contributed by atoms with Gasteiger partial charge >= 0.3 is 0 Å². The van der Waals surface area contributed by atoms with Crippen molar-refractivity contribution in [3.05, 3.63) is 0 Å². The summed E-state index contributed by atoms with van der Waals surface area (Å²) in [5, 5.41) is 0. The van der Waals surface area contributed by atoms with E-state index in [9.17, 15) is 0 Å². The fourth-order valence-corrected chi connectivity index (χ4v) is 1.83. The number of rotatable bonds is 1. The van der Waals surface area contributed by atoms with E-state index in [1.165, 1.54) is 25.9 Å². The highest BCUT2D eigenvalue weighted by atomic mass is 16.5. The molecule has 0 unspecified atom stereocenters. The van der Waals surface area contributed by atoms with Crippen LogP contribution in [0.1, 0.15) is 19.8 Å². The Balaban J connectivity index is 1.94. The molecule has 0 aromatic carbocycles. The first-order valence-corrected chi connectivity index (χ1v) is 4.65. The minimum atomic E-state index is 0.590. The van der Waals surface area contributed by atoms with Gasteiger partial charge in [0.15, 0.2) is 0 Å². The Bertz CT molecular complexity index is 142. The van der Waals surface area contributed by atoms with Gasteiger partial charge in [0.25, 0.3) is 0 Å². The third kappa shape index (κ3) is 1.57. The van der Waals surface area contributed by atoms with Crippen molar-refractivity contribution in [3.63, 3.8) is 0 Å². The summed E-state index contributed by atoms with van der Waals surface area (Å²) in [6.07, 6.45) is 2.78. The quantitative estimate of drug-likeness (QED) is 0.562. The van der Waals surface area contributed by atoms with Crippen LogP contribution in [0.5, 0.6) is 0 Å². The zero-order valence-corrected chi connectivity index (χ0v) is 7.31. The first-order chi connectivity index (χ1) is 5.35. The molecule has 2 heteroatoms. The number of ether oxygens (including phenoxy) is 1. The van der Waals surface area contributed by atoms with Gasteiger partial charge in [-0.25, -0.2) is 0 Å². The Morgan fingerprint density at radius 1 is 1.45 bits per heavy atom. The smallest absolute Gasteiger partial charge is 0.0593 e. The highest BCUT2D eigenvalue weighted by Crippen LogP contribution is 2.47. The Hall–Kier alpha value is -0.0800. The molecule has 1 spiro atoms. The molecular formula is C9H17NO. The number of likely N-dealkylation sites (N-methyl/N-ethyl adjacent to an activating group) is 1. The molecule has 1 saturated carbocycles. The van der Waals surface area contributed by atoms with Crippen LogP contribution in [0.15, 0.2) is 0 Å². The zero-order chi connectivity index (χ0) is 7.73. The lowest BCUT2D eigenvalue weighted by Crippen LogP contribution is -2.30. The highest BCUT2D eigenvalue weighted by molar-refractivity contribution is 4.96. The zero-order valence-electron chi connectivity index (χ0n) is 7.31. The van der Waals surface area contributed by atoms with Crippen molar-refractivity contribution in [2.24, 2.45) is 5.41 Å². The molecule has 2 nitrogen and oxygen atoms in total. The average Bonchev–Trinajstić information content (AvgIpc) is 2.80. The summed E-state index contributed by atoms with van der Waals surface area (Å²) >= 11 is 0. The first-order valence-electron chi connectivity index (χ1n) is 4.65. The van der Waals surface area contributed by atoms with Crippen LogP contribution in [0.4, 0.5) is 0 Å². The number of hydrogen-bond donors (Lipinski definition) is 0. The maximum Gasteiger partial charge on any atom is 0.0593 e. The van der Waals surface area contributed by atoms with E-state index in [0.717, 1.165) is 19.8 Å². The Labute approximate surface area is 68.5 Å². The van der Waals surface area contributed by atoms with Crippen molar-refractivity contribution in [1.82, 2.24) is 4.90 Å². The van der Waals surface area contributed by atoms with E-state index in [2.05, 4.69) is 11.8 Å². The third-order valence-electron chi connectivity index (χ3n) is 2.92. The molecule has 1 aliphatic carbocycles. The number of nitrogens with zero attached hydrogens (tertiary/aromatic N) is 1. The molecule has 0 atom stereocenters. The van der Waals surface area contributed by atoms with Crippen LogP contribution in [0.2, 0.25) is 0 Å². The molecule has 0 aromatic heterocycles. The van der Waals surface area contributed by atoms with E-state index in [-0.39, 0.29) is 0 Å². The molecule has 2 rings (SSSR count). The molecule has 0 amide bonds. The summed E-state index contributed by atoms with van der Waals surface area (Å²) in [7, 11) is 0. The fraction of sp³-hybridized carbons (Fsp3) is 1.00. The van der Waals surface area contributed by atoms with Crippen molar-refractivity contribution < 1.29 is 4.74 Å². The summed E-state index contributed by atoms with van der Waals surface area (Å²) in [5.41, 5.74) is 0.590. The maximum absolute atomic E-state index is 5.56. The van der Waals surface area contributed by atoms with Crippen molar-refractivity contribution >= 4 is 0 Å². The Morgan fingerprint density at radius 2 is 2.27 bits per heavy atom. The molecule has 0 N–H and O–H groups in total. The van der Waals surface area contributed by atoms with Crippen LogP contribution < -0.4 is 0 Å². The SMILES string of the molecule is CCN1CCOCC2(CC2)C1. The molecule has 1 aliphatic heterocycles. The monoisotopic (exact) mass is 155 g/mol. The summed E-state index contributed by atoms with van der Waals surface area (Å²) in [4.78, 5) is 2.51. The van der Waals surface area contributed by atoms with E-state index >= 15 is 0 Å². The molecule has 1 saturated heterocycles. The van der Waals surface area contributed by atoms with E-state index in [4.69, 9.17) is 4.74 Å². The van der Waals surface area contributed by atoms with Gasteiger partial charge < -0.3 is 9.64 Å². The van der Waals surface area contributed by atoms with Gasteiger partial charge in [0.1, 0.15) is 0 Å².